The van der Waals surface area contributed by atoms with Crippen LogP contribution in [-0.2, 0) is 18.4 Å². The second kappa shape index (κ2) is 10.4. The van der Waals surface area contributed by atoms with Crippen LogP contribution in [0.2, 0.25) is 0 Å². The third kappa shape index (κ3) is 5.05. The molecule has 1 amide bonds. The smallest absolute Gasteiger partial charge is 0.261 e. The number of rotatable bonds is 9. The molecule has 1 aliphatic carbocycles. The van der Waals surface area contributed by atoms with Crippen LogP contribution in [0.1, 0.15) is 44.9 Å². The first-order valence-corrected chi connectivity index (χ1v) is 12.0. The molecule has 1 aromatic carbocycles. The van der Waals surface area contributed by atoms with Gasteiger partial charge >= 0.3 is 0 Å². The summed E-state index contributed by atoms with van der Waals surface area (Å²) in [5.41, 5.74) is 1.31. The van der Waals surface area contributed by atoms with E-state index in [1.165, 1.54) is 32.1 Å². The van der Waals surface area contributed by atoms with Crippen molar-refractivity contribution in [3.63, 3.8) is 0 Å². The fourth-order valence-electron chi connectivity index (χ4n) is 4.97. The Morgan fingerprint density at radius 2 is 2.00 bits per heavy atom. The van der Waals surface area contributed by atoms with E-state index in [1.54, 1.807) is 29.6 Å². The molecule has 0 atom stereocenters. The molecule has 1 aliphatic rings. The Morgan fingerprint density at radius 3 is 2.76 bits per heavy atom. The molecule has 0 unspecified atom stereocenters. The largest absolute Gasteiger partial charge is 0.497 e. The lowest BCUT2D eigenvalue weighted by atomic mass is 9.94. The Morgan fingerprint density at radius 1 is 1.21 bits per heavy atom. The van der Waals surface area contributed by atoms with Crippen molar-refractivity contribution in [3.8, 4) is 5.75 Å². The predicted molar refractivity (Wildman–Crippen MR) is 131 cm³/mol. The number of ether oxygens (including phenoxy) is 1. The van der Waals surface area contributed by atoms with Crippen molar-refractivity contribution in [2.75, 3.05) is 27.2 Å². The molecule has 0 bridgehead atoms. The first-order chi connectivity index (χ1) is 16.0. The summed E-state index contributed by atoms with van der Waals surface area (Å²) in [5, 5.41) is 8.70. The molecule has 4 rings (SSSR count). The topological polar surface area (TPSA) is 81.4 Å². The molecule has 178 valence electrons. The van der Waals surface area contributed by atoms with Gasteiger partial charge in [-0.15, -0.1) is 0 Å². The summed E-state index contributed by atoms with van der Waals surface area (Å²) in [5.74, 6) is 0.593. The van der Waals surface area contributed by atoms with Gasteiger partial charge in [0.15, 0.2) is 0 Å². The van der Waals surface area contributed by atoms with Crippen LogP contribution in [-0.4, -0.2) is 58.4 Å². The molecular weight excluding hydrogens is 418 g/mol. The molecule has 0 saturated heterocycles. The summed E-state index contributed by atoms with van der Waals surface area (Å²) in [6.45, 7) is 1.79. The minimum atomic E-state index is -0.128. The van der Waals surface area contributed by atoms with Crippen LogP contribution in [0.15, 0.2) is 29.2 Å². The maximum atomic E-state index is 12.8. The summed E-state index contributed by atoms with van der Waals surface area (Å²) >= 11 is 0. The molecule has 0 radical (unpaired) electrons. The van der Waals surface area contributed by atoms with Gasteiger partial charge in [-0.1, -0.05) is 19.3 Å². The van der Waals surface area contributed by atoms with Gasteiger partial charge in [-0.3, -0.25) is 14.3 Å². The molecule has 1 saturated carbocycles. The van der Waals surface area contributed by atoms with Crippen LogP contribution in [0.25, 0.3) is 21.8 Å². The van der Waals surface area contributed by atoms with Crippen molar-refractivity contribution in [1.82, 2.24) is 24.6 Å². The van der Waals surface area contributed by atoms with E-state index in [0.717, 1.165) is 36.3 Å². The number of aromatic nitrogens is 3. The second-order valence-corrected chi connectivity index (χ2v) is 9.14. The normalized spacial score (nSPS) is 14.9. The van der Waals surface area contributed by atoms with Crippen molar-refractivity contribution in [2.45, 2.75) is 57.5 Å². The van der Waals surface area contributed by atoms with E-state index in [-0.39, 0.29) is 18.0 Å². The molecule has 1 N–H and O–H groups in total. The van der Waals surface area contributed by atoms with E-state index < -0.39 is 0 Å². The van der Waals surface area contributed by atoms with Gasteiger partial charge in [0.2, 0.25) is 5.91 Å². The highest BCUT2D eigenvalue weighted by Gasteiger charge is 2.18. The van der Waals surface area contributed by atoms with Crippen molar-refractivity contribution in [1.29, 1.82) is 0 Å². The molecule has 0 spiro atoms. The highest BCUT2D eigenvalue weighted by Crippen LogP contribution is 2.26. The number of carbonyl (C=O) groups is 1. The van der Waals surface area contributed by atoms with E-state index >= 15 is 0 Å². The number of hydrogen-bond donors (Lipinski definition) is 1. The number of benzene rings is 1. The van der Waals surface area contributed by atoms with Crippen LogP contribution in [0.5, 0.6) is 5.75 Å². The molecule has 1 fully saturated rings. The minimum Gasteiger partial charge on any atom is -0.497 e. The molecule has 2 heterocycles. The number of nitrogens with one attached hydrogen (secondary N) is 1. The van der Waals surface area contributed by atoms with Crippen molar-refractivity contribution in [3.05, 3.63) is 34.7 Å². The average molecular weight is 454 g/mol. The Hall–Kier alpha value is -2.87. The van der Waals surface area contributed by atoms with Gasteiger partial charge in [0.05, 0.1) is 29.7 Å². The minimum absolute atomic E-state index is 0.0744. The zero-order valence-electron chi connectivity index (χ0n) is 20.0. The SMILES string of the molecule is COc1ccc2c(c1)c1c(cnn1CC(=O)NCCCCN(C)C1CCCCC1)c(=O)n2C. The lowest BCUT2D eigenvalue weighted by Crippen LogP contribution is -2.34. The van der Waals surface area contributed by atoms with Gasteiger partial charge in [0.25, 0.3) is 5.56 Å². The Bertz CT molecular complexity index is 1180. The third-order valence-electron chi connectivity index (χ3n) is 6.95. The summed E-state index contributed by atoms with van der Waals surface area (Å²) in [6, 6.07) is 6.29. The predicted octanol–water partition coefficient (Wildman–Crippen LogP) is 3.06. The molecule has 3 aromatic rings. The number of hydrogen-bond acceptors (Lipinski definition) is 5. The van der Waals surface area contributed by atoms with Crippen LogP contribution < -0.4 is 15.6 Å². The van der Waals surface area contributed by atoms with Crippen LogP contribution in [0, 0.1) is 0 Å². The summed E-state index contributed by atoms with van der Waals surface area (Å²) < 4.78 is 8.59. The number of amides is 1. The van der Waals surface area contributed by atoms with E-state index in [2.05, 4.69) is 22.4 Å². The van der Waals surface area contributed by atoms with Gasteiger partial charge in [-0.05, 0) is 57.5 Å². The van der Waals surface area contributed by atoms with Crippen molar-refractivity contribution < 1.29 is 9.53 Å². The fourth-order valence-corrected chi connectivity index (χ4v) is 4.97. The van der Waals surface area contributed by atoms with E-state index in [1.807, 2.05) is 18.2 Å². The maximum Gasteiger partial charge on any atom is 0.261 e. The quantitative estimate of drug-likeness (QED) is 0.504. The Labute approximate surface area is 194 Å². The van der Waals surface area contributed by atoms with Crippen LogP contribution in [0.3, 0.4) is 0 Å². The zero-order valence-corrected chi connectivity index (χ0v) is 20.0. The Kier molecular flexibility index (Phi) is 7.33. The zero-order chi connectivity index (χ0) is 23.4. The van der Waals surface area contributed by atoms with Gasteiger partial charge < -0.3 is 19.5 Å². The first kappa shape index (κ1) is 23.3. The van der Waals surface area contributed by atoms with Crippen LogP contribution in [0.4, 0.5) is 0 Å². The standard InChI is InChI=1S/C25H35N5O3/c1-28(18-9-5-4-6-10-18)14-8-7-13-26-23(31)17-30-24-20-15-19(33-3)11-12-22(20)29(2)25(32)21(24)16-27-30/h11-12,15-16,18H,4-10,13-14,17H2,1-3H3,(H,26,31). The molecule has 8 heteroatoms. The fraction of sp³-hybridized carbons (Fsp3) is 0.560. The number of methoxy groups -OCH3 is 1. The molecule has 2 aromatic heterocycles. The van der Waals surface area contributed by atoms with E-state index in [9.17, 15) is 9.59 Å². The monoisotopic (exact) mass is 453 g/mol. The van der Waals surface area contributed by atoms with Crippen molar-refractivity contribution in [2.24, 2.45) is 7.05 Å². The third-order valence-corrected chi connectivity index (χ3v) is 6.95. The molecular formula is C25H35N5O3. The number of aryl methyl sites for hydroxylation is 1. The summed E-state index contributed by atoms with van der Waals surface area (Å²) in [7, 11) is 5.57. The summed E-state index contributed by atoms with van der Waals surface area (Å²) in [6.07, 6.45) is 10.3. The maximum absolute atomic E-state index is 12.8. The highest BCUT2D eigenvalue weighted by atomic mass is 16.5. The number of unbranched alkanes of at least 4 members (excludes halogenated alkanes) is 1. The molecule has 8 nitrogen and oxygen atoms in total. The van der Waals surface area contributed by atoms with E-state index in [0.29, 0.717) is 23.2 Å². The van der Waals surface area contributed by atoms with Gasteiger partial charge in [-0.25, -0.2) is 0 Å². The second-order valence-electron chi connectivity index (χ2n) is 9.14. The van der Waals surface area contributed by atoms with Crippen LogP contribution >= 0.6 is 0 Å². The number of fused-ring (bicyclic) bond motifs is 3. The van der Waals surface area contributed by atoms with Gasteiger partial charge in [-0.2, -0.15) is 5.10 Å². The summed E-state index contributed by atoms with van der Waals surface area (Å²) in [4.78, 5) is 27.9. The molecule has 0 aliphatic heterocycles. The lowest BCUT2D eigenvalue weighted by Gasteiger charge is -2.31. The molecule has 33 heavy (non-hydrogen) atoms. The van der Waals surface area contributed by atoms with E-state index in [4.69, 9.17) is 4.74 Å². The first-order valence-electron chi connectivity index (χ1n) is 12.0. The van der Waals surface area contributed by atoms with Gasteiger partial charge in [0, 0.05) is 25.0 Å². The average Bonchev–Trinajstić information content (AvgIpc) is 3.26. The highest BCUT2D eigenvalue weighted by molar-refractivity contribution is 6.04. The number of pyridine rings is 1. The Balaban J connectivity index is 1.37. The van der Waals surface area contributed by atoms with Crippen molar-refractivity contribution >= 4 is 27.7 Å². The number of nitrogens with zero attached hydrogens (tertiary/aromatic N) is 4. The number of carbonyl (C=O) groups excluding carboxylic acids is 1. The lowest BCUT2D eigenvalue weighted by molar-refractivity contribution is -0.121. The van der Waals surface area contributed by atoms with Gasteiger partial charge in [0.1, 0.15) is 12.3 Å².